The lowest BCUT2D eigenvalue weighted by Gasteiger charge is -2.06. The molecule has 7 heteroatoms. The second-order valence-electron chi connectivity index (χ2n) is 3.28. The van der Waals surface area contributed by atoms with Gasteiger partial charge in [0.15, 0.2) is 5.78 Å². The van der Waals surface area contributed by atoms with E-state index < -0.39 is 0 Å². The molecule has 0 spiro atoms. The molecular formula is C12H12BrNO5. The van der Waals surface area contributed by atoms with Gasteiger partial charge in [-0.2, -0.15) is 9.59 Å². The highest BCUT2D eigenvalue weighted by atomic mass is 79.9. The quantitative estimate of drug-likeness (QED) is 0.604. The van der Waals surface area contributed by atoms with E-state index in [0.717, 1.165) is 4.47 Å². The van der Waals surface area contributed by atoms with Crippen molar-refractivity contribution in [3.63, 3.8) is 0 Å². The van der Waals surface area contributed by atoms with Crippen LogP contribution in [0.4, 0.5) is 0 Å². The number of halogens is 1. The van der Waals surface area contributed by atoms with Crippen molar-refractivity contribution < 1.29 is 23.9 Å². The molecule has 0 aliphatic heterocycles. The van der Waals surface area contributed by atoms with E-state index in [1.54, 1.807) is 13.0 Å². The van der Waals surface area contributed by atoms with Gasteiger partial charge in [0.1, 0.15) is 17.2 Å². The molecule has 1 heterocycles. The van der Waals surface area contributed by atoms with Gasteiger partial charge in [0, 0.05) is 17.1 Å². The van der Waals surface area contributed by atoms with E-state index >= 15 is 0 Å². The number of ether oxygens (including phenoxy) is 1. The van der Waals surface area contributed by atoms with Gasteiger partial charge in [-0.05, 0) is 22.0 Å². The summed E-state index contributed by atoms with van der Waals surface area (Å²) in [5.41, 5.74) is 0.201. The molecule has 0 radical (unpaired) electrons. The van der Waals surface area contributed by atoms with Crippen molar-refractivity contribution in [3.8, 4) is 5.75 Å². The van der Waals surface area contributed by atoms with Crippen molar-refractivity contribution in [3.05, 3.63) is 22.4 Å². The molecule has 0 saturated heterocycles. The minimum atomic E-state index is -0.309. The van der Waals surface area contributed by atoms with Crippen molar-refractivity contribution in [2.75, 3.05) is 7.11 Å². The van der Waals surface area contributed by atoms with Gasteiger partial charge >= 0.3 is 6.15 Å². The van der Waals surface area contributed by atoms with Crippen LogP contribution in [0.25, 0.3) is 0 Å². The summed E-state index contributed by atoms with van der Waals surface area (Å²) in [4.78, 5) is 43.1. The van der Waals surface area contributed by atoms with Crippen LogP contribution in [0.2, 0.25) is 0 Å². The number of methoxy groups -OCH3 is 1. The van der Waals surface area contributed by atoms with Gasteiger partial charge < -0.3 is 4.74 Å². The summed E-state index contributed by atoms with van der Waals surface area (Å²) < 4.78 is 5.76. The minimum Gasteiger partial charge on any atom is -0.494 e. The molecule has 0 saturated carbocycles. The lowest BCUT2D eigenvalue weighted by molar-refractivity contribution is -0.191. The Morgan fingerprint density at radius 3 is 2.47 bits per heavy atom. The third-order valence-electron chi connectivity index (χ3n) is 2.06. The first-order chi connectivity index (χ1) is 8.99. The smallest absolute Gasteiger partial charge is 0.373 e. The van der Waals surface area contributed by atoms with Crippen LogP contribution in [0, 0.1) is 0 Å². The molecular weight excluding hydrogens is 318 g/mol. The largest absolute Gasteiger partial charge is 0.494 e. The Morgan fingerprint density at radius 1 is 1.42 bits per heavy atom. The Labute approximate surface area is 118 Å². The van der Waals surface area contributed by atoms with Crippen LogP contribution in [-0.4, -0.2) is 29.8 Å². The average molecular weight is 330 g/mol. The van der Waals surface area contributed by atoms with E-state index in [1.807, 2.05) is 0 Å². The van der Waals surface area contributed by atoms with Gasteiger partial charge in [-0.15, -0.1) is 0 Å². The maximum Gasteiger partial charge on any atom is 0.373 e. The van der Waals surface area contributed by atoms with Crippen LogP contribution in [0.1, 0.15) is 30.3 Å². The van der Waals surface area contributed by atoms with Crippen LogP contribution in [0.5, 0.6) is 5.75 Å². The molecule has 0 aliphatic rings. The monoisotopic (exact) mass is 329 g/mol. The number of ketones is 2. The molecule has 0 aromatic carbocycles. The fourth-order valence-electron chi connectivity index (χ4n) is 1.17. The topological polar surface area (TPSA) is 90.4 Å². The maximum absolute atomic E-state index is 11.7. The lowest BCUT2D eigenvalue weighted by Crippen LogP contribution is -2.10. The highest BCUT2D eigenvalue weighted by Gasteiger charge is 2.16. The van der Waals surface area contributed by atoms with Gasteiger partial charge in [-0.1, -0.05) is 6.92 Å². The standard InChI is InChI=1S/C11H12BrNO3.CO2/c1-3-8(14)5-9(15)11-10(16-2)4-7(12)6-13-11;2-1-3/h4,6H,3,5H2,1-2H3;. The second kappa shape index (κ2) is 9.13. The Morgan fingerprint density at radius 2 is 2.00 bits per heavy atom. The molecule has 1 aromatic heterocycles. The molecule has 0 aliphatic carbocycles. The van der Waals surface area contributed by atoms with Gasteiger partial charge in [-0.25, -0.2) is 4.98 Å². The summed E-state index contributed by atoms with van der Waals surface area (Å²) in [7, 11) is 1.46. The van der Waals surface area contributed by atoms with E-state index in [4.69, 9.17) is 14.3 Å². The third kappa shape index (κ3) is 6.03. The van der Waals surface area contributed by atoms with E-state index in [2.05, 4.69) is 20.9 Å². The van der Waals surface area contributed by atoms with Crippen LogP contribution < -0.4 is 4.74 Å². The van der Waals surface area contributed by atoms with Crippen molar-refractivity contribution >= 4 is 33.6 Å². The van der Waals surface area contributed by atoms with Gasteiger partial charge in [0.25, 0.3) is 0 Å². The molecule has 0 fully saturated rings. The molecule has 0 N–H and O–H groups in total. The molecule has 19 heavy (non-hydrogen) atoms. The van der Waals surface area contributed by atoms with E-state index in [-0.39, 0.29) is 29.8 Å². The number of rotatable bonds is 5. The molecule has 102 valence electrons. The summed E-state index contributed by atoms with van der Waals surface area (Å²) in [6.45, 7) is 1.72. The Balaban J connectivity index is 0.000000982. The normalized spacial score (nSPS) is 8.79. The predicted octanol–water partition coefficient (Wildman–Crippen LogP) is 1.82. The van der Waals surface area contributed by atoms with E-state index in [0.29, 0.717) is 12.2 Å². The maximum atomic E-state index is 11.7. The first-order valence-electron chi connectivity index (χ1n) is 5.23. The molecule has 1 aromatic rings. The highest BCUT2D eigenvalue weighted by molar-refractivity contribution is 9.10. The first-order valence-corrected chi connectivity index (χ1v) is 6.03. The molecule has 1 rings (SSSR count). The number of aromatic nitrogens is 1. The van der Waals surface area contributed by atoms with Crippen LogP contribution in [-0.2, 0) is 14.4 Å². The number of carbonyl (C=O) groups is 2. The predicted molar refractivity (Wildman–Crippen MR) is 67.7 cm³/mol. The highest BCUT2D eigenvalue weighted by Crippen LogP contribution is 2.22. The summed E-state index contributed by atoms with van der Waals surface area (Å²) in [6.07, 6.45) is 1.98. The first kappa shape index (κ1) is 17.2. The Kier molecular flexibility index (Phi) is 8.24. The van der Waals surface area contributed by atoms with E-state index in [9.17, 15) is 9.59 Å². The summed E-state index contributed by atoms with van der Waals surface area (Å²) in [6, 6.07) is 1.65. The molecule has 0 unspecified atom stereocenters. The zero-order valence-corrected chi connectivity index (χ0v) is 12.0. The molecule has 0 amide bonds. The molecule has 6 nitrogen and oxygen atoms in total. The number of hydrogen-bond donors (Lipinski definition) is 0. The van der Waals surface area contributed by atoms with Gasteiger partial charge in [0.2, 0.25) is 0 Å². The van der Waals surface area contributed by atoms with Crippen LogP contribution in [0.15, 0.2) is 16.7 Å². The van der Waals surface area contributed by atoms with Crippen LogP contribution in [0.3, 0.4) is 0 Å². The van der Waals surface area contributed by atoms with Crippen LogP contribution >= 0.6 is 15.9 Å². The molecule has 0 bridgehead atoms. The third-order valence-corrected chi connectivity index (χ3v) is 2.49. The van der Waals surface area contributed by atoms with E-state index in [1.165, 1.54) is 13.3 Å². The zero-order valence-electron chi connectivity index (χ0n) is 10.4. The number of nitrogens with zero attached hydrogens (tertiary/aromatic N) is 1. The van der Waals surface area contributed by atoms with Crippen molar-refractivity contribution in [2.24, 2.45) is 0 Å². The van der Waals surface area contributed by atoms with Crippen molar-refractivity contribution in [2.45, 2.75) is 19.8 Å². The lowest BCUT2D eigenvalue weighted by atomic mass is 10.1. The van der Waals surface area contributed by atoms with Crippen molar-refractivity contribution in [1.29, 1.82) is 0 Å². The zero-order chi connectivity index (χ0) is 14.8. The minimum absolute atomic E-state index is 0.100. The fourth-order valence-corrected chi connectivity index (χ4v) is 1.48. The molecule has 0 atom stereocenters. The van der Waals surface area contributed by atoms with Gasteiger partial charge in [-0.3, -0.25) is 9.59 Å². The Hall–Kier alpha value is -1.85. The number of hydrogen-bond acceptors (Lipinski definition) is 6. The van der Waals surface area contributed by atoms with Gasteiger partial charge in [0.05, 0.1) is 13.5 Å². The second-order valence-corrected chi connectivity index (χ2v) is 4.20. The number of pyridine rings is 1. The fraction of sp³-hybridized carbons (Fsp3) is 0.333. The summed E-state index contributed by atoms with van der Waals surface area (Å²) >= 11 is 3.23. The van der Waals surface area contributed by atoms with Crippen molar-refractivity contribution in [1.82, 2.24) is 4.98 Å². The summed E-state index contributed by atoms with van der Waals surface area (Å²) in [5, 5.41) is 0. The number of Topliss-reactive ketones (excluding diaryl/α,β-unsaturated/α-hetero) is 2. The SMILES string of the molecule is CCC(=O)CC(=O)c1ncc(Br)cc1OC.O=C=O. The number of carbonyl (C=O) groups excluding carboxylic acids is 4. The summed E-state index contributed by atoms with van der Waals surface area (Å²) in [5.74, 6) is -0.0313. The average Bonchev–Trinajstić information content (AvgIpc) is 2.39. The Bertz CT molecular complexity index is 495.